The second-order valence-corrected chi connectivity index (χ2v) is 8.42. The van der Waals surface area contributed by atoms with E-state index in [4.69, 9.17) is 4.74 Å². The molecule has 1 unspecified atom stereocenters. The van der Waals surface area contributed by atoms with Crippen molar-refractivity contribution in [3.8, 4) is 0 Å². The standard InChI is InChI=1S/C18H34N2O3/c1-17(2,3)23-16(21)20-12-8-9-15(13-20)19(4)14-18(22)10-6-5-7-11-18/h15,22H,5-14H2,1-4H3. The summed E-state index contributed by atoms with van der Waals surface area (Å²) in [5.41, 5.74) is -0.992. The SMILES string of the molecule is CN(CC1(O)CCCCC1)C1CCCN(C(=O)OC(C)(C)C)C1. The summed E-state index contributed by atoms with van der Waals surface area (Å²) in [5, 5.41) is 10.8. The van der Waals surface area contributed by atoms with Crippen molar-refractivity contribution in [2.75, 3.05) is 26.7 Å². The molecule has 0 aromatic carbocycles. The van der Waals surface area contributed by atoms with Gasteiger partial charge in [0.25, 0.3) is 0 Å². The molecule has 23 heavy (non-hydrogen) atoms. The molecule has 0 aromatic heterocycles. The maximum absolute atomic E-state index is 12.3. The average molecular weight is 326 g/mol. The van der Waals surface area contributed by atoms with E-state index in [0.717, 1.165) is 45.1 Å². The van der Waals surface area contributed by atoms with Gasteiger partial charge in [0.15, 0.2) is 0 Å². The Bertz CT molecular complexity index is 400. The van der Waals surface area contributed by atoms with Crippen molar-refractivity contribution in [2.45, 2.75) is 83.0 Å². The Hall–Kier alpha value is -0.810. The number of aliphatic hydroxyl groups is 1. The number of likely N-dealkylation sites (tertiary alicyclic amines) is 1. The summed E-state index contributed by atoms with van der Waals surface area (Å²) in [6.07, 6.45) is 7.14. The second kappa shape index (κ2) is 7.39. The Morgan fingerprint density at radius 3 is 2.52 bits per heavy atom. The van der Waals surface area contributed by atoms with Crippen LogP contribution in [0.1, 0.15) is 65.7 Å². The maximum atomic E-state index is 12.3. The molecule has 0 radical (unpaired) electrons. The topological polar surface area (TPSA) is 53.0 Å². The molecule has 0 spiro atoms. The Balaban J connectivity index is 1.88. The molecule has 0 bridgehead atoms. The molecule has 1 saturated heterocycles. The molecular weight excluding hydrogens is 292 g/mol. The molecule has 2 fully saturated rings. The van der Waals surface area contributed by atoms with E-state index in [1.54, 1.807) is 0 Å². The van der Waals surface area contributed by atoms with E-state index in [0.29, 0.717) is 19.1 Å². The first-order chi connectivity index (χ1) is 10.7. The molecule has 0 aromatic rings. The molecule has 1 aliphatic heterocycles. The summed E-state index contributed by atoms with van der Waals surface area (Å²) < 4.78 is 5.49. The van der Waals surface area contributed by atoms with Crippen molar-refractivity contribution in [3.63, 3.8) is 0 Å². The number of amides is 1. The zero-order valence-corrected chi connectivity index (χ0v) is 15.3. The van der Waals surface area contributed by atoms with Gasteiger partial charge in [0.05, 0.1) is 5.60 Å². The van der Waals surface area contributed by atoms with Gasteiger partial charge in [-0.2, -0.15) is 0 Å². The minimum absolute atomic E-state index is 0.216. The smallest absolute Gasteiger partial charge is 0.410 e. The lowest BCUT2D eigenvalue weighted by Crippen LogP contribution is -2.53. The summed E-state index contributed by atoms with van der Waals surface area (Å²) >= 11 is 0. The molecule has 1 heterocycles. The van der Waals surface area contributed by atoms with E-state index in [1.165, 1.54) is 6.42 Å². The van der Waals surface area contributed by atoms with Gasteiger partial charge in [0.1, 0.15) is 5.60 Å². The monoisotopic (exact) mass is 326 g/mol. The van der Waals surface area contributed by atoms with Gasteiger partial charge in [0, 0.05) is 25.7 Å². The van der Waals surface area contributed by atoms with Gasteiger partial charge in [-0.05, 0) is 53.5 Å². The number of carbonyl (C=O) groups is 1. The zero-order chi connectivity index (χ0) is 17.1. The first kappa shape index (κ1) is 18.5. The van der Waals surface area contributed by atoms with Crippen LogP contribution >= 0.6 is 0 Å². The first-order valence-electron chi connectivity index (χ1n) is 9.09. The first-order valence-corrected chi connectivity index (χ1v) is 9.09. The molecular formula is C18H34N2O3. The fourth-order valence-electron chi connectivity index (χ4n) is 3.77. The fourth-order valence-corrected chi connectivity index (χ4v) is 3.77. The van der Waals surface area contributed by atoms with Gasteiger partial charge in [-0.25, -0.2) is 4.79 Å². The largest absolute Gasteiger partial charge is 0.444 e. The van der Waals surface area contributed by atoms with Gasteiger partial charge in [-0.1, -0.05) is 19.3 Å². The molecule has 1 aliphatic carbocycles. The van der Waals surface area contributed by atoms with Crippen molar-refractivity contribution in [1.82, 2.24) is 9.80 Å². The summed E-state index contributed by atoms with van der Waals surface area (Å²) in [4.78, 5) is 16.3. The third-order valence-corrected chi connectivity index (χ3v) is 5.00. The molecule has 1 saturated carbocycles. The fraction of sp³-hybridized carbons (Fsp3) is 0.944. The van der Waals surface area contributed by atoms with Crippen LogP contribution in [0.2, 0.25) is 0 Å². The van der Waals surface area contributed by atoms with E-state index in [2.05, 4.69) is 11.9 Å². The predicted molar refractivity (Wildman–Crippen MR) is 91.5 cm³/mol. The Morgan fingerprint density at radius 2 is 1.91 bits per heavy atom. The third-order valence-electron chi connectivity index (χ3n) is 5.00. The summed E-state index contributed by atoms with van der Waals surface area (Å²) in [6.45, 7) is 7.87. The quantitative estimate of drug-likeness (QED) is 0.866. The highest BCUT2D eigenvalue weighted by molar-refractivity contribution is 5.68. The number of nitrogens with zero attached hydrogens (tertiary/aromatic N) is 2. The molecule has 134 valence electrons. The average Bonchev–Trinajstić information content (AvgIpc) is 2.46. The van der Waals surface area contributed by atoms with Crippen LogP contribution in [0.15, 0.2) is 0 Å². The molecule has 1 N–H and O–H groups in total. The van der Waals surface area contributed by atoms with Gasteiger partial charge in [-0.15, -0.1) is 0 Å². The van der Waals surface area contributed by atoms with Crippen molar-refractivity contribution in [2.24, 2.45) is 0 Å². The van der Waals surface area contributed by atoms with Gasteiger partial charge in [-0.3, -0.25) is 4.90 Å². The molecule has 2 rings (SSSR count). The lowest BCUT2D eigenvalue weighted by atomic mass is 9.84. The van der Waals surface area contributed by atoms with Crippen molar-refractivity contribution in [3.05, 3.63) is 0 Å². The van der Waals surface area contributed by atoms with Crippen LogP contribution in [0.5, 0.6) is 0 Å². The minimum Gasteiger partial charge on any atom is -0.444 e. The number of piperidine rings is 1. The van der Waals surface area contributed by atoms with Gasteiger partial charge >= 0.3 is 6.09 Å². The molecule has 5 nitrogen and oxygen atoms in total. The zero-order valence-electron chi connectivity index (χ0n) is 15.3. The van der Waals surface area contributed by atoms with E-state index in [9.17, 15) is 9.90 Å². The van der Waals surface area contributed by atoms with Crippen LogP contribution in [-0.2, 0) is 4.74 Å². The highest BCUT2D eigenvalue weighted by Gasteiger charge is 2.35. The van der Waals surface area contributed by atoms with Crippen LogP contribution in [0.4, 0.5) is 4.79 Å². The van der Waals surface area contributed by atoms with Crippen molar-refractivity contribution in [1.29, 1.82) is 0 Å². The number of ether oxygens (including phenoxy) is 1. The van der Waals surface area contributed by atoms with Crippen LogP contribution in [0, 0.1) is 0 Å². The van der Waals surface area contributed by atoms with Gasteiger partial charge in [0.2, 0.25) is 0 Å². The summed E-state index contributed by atoms with van der Waals surface area (Å²) in [5.74, 6) is 0. The maximum Gasteiger partial charge on any atom is 0.410 e. The normalized spacial score (nSPS) is 25.5. The number of rotatable bonds is 3. The summed E-state index contributed by atoms with van der Waals surface area (Å²) in [7, 11) is 2.08. The van der Waals surface area contributed by atoms with Crippen molar-refractivity contribution < 1.29 is 14.6 Å². The van der Waals surface area contributed by atoms with E-state index in [-0.39, 0.29) is 6.09 Å². The van der Waals surface area contributed by atoms with Crippen LogP contribution in [0.3, 0.4) is 0 Å². The Kier molecular flexibility index (Phi) is 5.95. The van der Waals surface area contributed by atoms with Crippen LogP contribution in [0.25, 0.3) is 0 Å². The highest BCUT2D eigenvalue weighted by Crippen LogP contribution is 2.30. The molecule has 2 aliphatic rings. The Labute approximate surface area is 141 Å². The number of carbonyl (C=O) groups excluding carboxylic acids is 1. The number of hydrogen-bond donors (Lipinski definition) is 1. The van der Waals surface area contributed by atoms with Crippen molar-refractivity contribution >= 4 is 6.09 Å². The lowest BCUT2D eigenvalue weighted by molar-refractivity contribution is -0.0379. The van der Waals surface area contributed by atoms with Crippen LogP contribution < -0.4 is 0 Å². The van der Waals surface area contributed by atoms with E-state index in [1.807, 2.05) is 25.7 Å². The predicted octanol–water partition coefficient (Wildman–Crippen LogP) is 3.01. The third kappa shape index (κ3) is 5.64. The second-order valence-electron chi connectivity index (χ2n) is 8.42. The molecule has 1 amide bonds. The minimum atomic E-state index is -0.540. The lowest BCUT2D eigenvalue weighted by Gasteiger charge is -2.42. The van der Waals surface area contributed by atoms with E-state index >= 15 is 0 Å². The highest BCUT2D eigenvalue weighted by atomic mass is 16.6. The number of likely N-dealkylation sites (N-methyl/N-ethyl adjacent to an activating group) is 1. The molecule has 5 heteroatoms. The van der Waals surface area contributed by atoms with Crippen LogP contribution in [-0.4, -0.2) is 64.9 Å². The summed E-state index contributed by atoms with van der Waals surface area (Å²) in [6, 6.07) is 0.308. The van der Waals surface area contributed by atoms with Gasteiger partial charge < -0.3 is 14.7 Å². The molecule has 1 atom stereocenters. The Morgan fingerprint density at radius 1 is 1.26 bits per heavy atom. The van der Waals surface area contributed by atoms with E-state index < -0.39 is 11.2 Å². The number of hydrogen-bond acceptors (Lipinski definition) is 4.